The highest BCUT2D eigenvalue weighted by Crippen LogP contribution is 2.64. The zero-order chi connectivity index (χ0) is 92.7. The topological polar surface area (TPSA) is 427 Å². The van der Waals surface area contributed by atoms with E-state index >= 15 is 38.4 Å². The maximum atomic E-state index is 16.7. The lowest BCUT2D eigenvalue weighted by Gasteiger charge is -2.44. The predicted molar refractivity (Wildman–Crippen MR) is 495 cm³/mol. The van der Waals surface area contributed by atoms with E-state index in [0.717, 1.165) is 109 Å². The summed E-state index contributed by atoms with van der Waals surface area (Å²) in [5, 5.41) is 24.8. The van der Waals surface area contributed by atoms with Crippen molar-refractivity contribution in [2.24, 2.45) is 5.73 Å². The lowest BCUT2D eigenvalue weighted by Crippen LogP contribution is -2.64. The molecule has 1 heterocycles. The Kier molecular flexibility index (Phi) is 32.3. The third kappa shape index (κ3) is 22.9. The first kappa shape index (κ1) is 97.0. The number of aromatic nitrogens is 2. The maximum absolute atomic E-state index is 16.7. The molecule has 14 amide bonds. The number of fused-ring (bicyclic) bond motifs is 6. The molecule has 0 bridgehead atoms. The number of primary amides is 1. The van der Waals surface area contributed by atoms with Crippen molar-refractivity contribution in [1.82, 2.24) is 67.6 Å². The molecule has 0 saturated heterocycles. The van der Waals surface area contributed by atoms with Crippen LogP contribution >= 0.6 is 12.1 Å². The summed E-state index contributed by atoms with van der Waals surface area (Å²) in [6, 6.07) is 27.1. The van der Waals surface area contributed by atoms with Gasteiger partial charge in [0.05, 0.1) is 12.0 Å². The van der Waals surface area contributed by atoms with Crippen molar-refractivity contribution in [3.63, 3.8) is 0 Å². The van der Waals surface area contributed by atoms with Gasteiger partial charge in [-0.05, 0) is 167 Å². The first-order valence-electron chi connectivity index (χ1n) is 43.5. The SMILES string of the molecule is CC(=O)N[C@@H](C)C(=O)NC(C)(C)C(=O)N[C@@H](C)C(=O)N(C(=O)OCC1c2ccccc2-c2ccccc21)[C@@H](CP(=S)(C1CCCCC1)C1CCCCC1)C(=O)N[C@@H](C)C(=O)N[C@@H](C)C(=O)N[C@@H](Cc1c[nH]cn1)C(=O)N(C(=O)OCC1c2ccccc2-c2ccccc21)[C@@H](CP(=S)(c1ccccc1)c1ccccc1)C(=O)N[C@@H](C)C(=O)NC(C)(C)C(=O)N[C@@H](C)C(N)=O. The van der Waals surface area contributed by atoms with Crippen molar-refractivity contribution < 1.29 is 76.6 Å². The van der Waals surface area contributed by atoms with Crippen LogP contribution in [0.2, 0.25) is 0 Å². The lowest BCUT2D eigenvalue weighted by molar-refractivity contribution is -0.142. The molecule has 7 aromatic rings. The normalized spacial score (nSPS) is 16.2. The van der Waals surface area contributed by atoms with Crippen LogP contribution in [0, 0.1) is 0 Å². The first-order valence-corrected chi connectivity index (χ1v) is 49.6. The van der Waals surface area contributed by atoms with Crippen LogP contribution in [0.3, 0.4) is 0 Å². The second-order valence-electron chi connectivity index (χ2n) is 34.7. The number of imide groups is 2. The van der Waals surface area contributed by atoms with Crippen molar-refractivity contribution in [3.8, 4) is 22.3 Å². The molecule has 34 heteroatoms. The Morgan fingerprint density at radius 1 is 0.445 bits per heavy atom. The zero-order valence-corrected chi connectivity index (χ0v) is 77.4. The van der Waals surface area contributed by atoms with Gasteiger partial charge in [-0.3, -0.25) is 57.5 Å². The first-order chi connectivity index (χ1) is 60.8. The molecule has 0 spiro atoms. The third-order valence-electron chi connectivity index (χ3n) is 24.5. The summed E-state index contributed by atoms with van der Waals surface area (Å²) < 4.78 is 12.7. The highest BCUT2D eigenvalue weighted by atomic mass is 32.4. The van der Waals surface area contributed by atoms with Gasteiger partial charge >= 0.3 is 12.2 Å². The van der Waals surface area contributed by atoms with E-state index in [1.807, 2.05) is 97.1 Å². The van der Waals surface area contributed by atoms with Crippen molar-refractivity contribution in [1.29, 1.82) is 0 Å². The van der Waals surface area contributed by atoms with Gasteiger partial charge < -0.3 is 68.0 Å². The summed E-state index contributed by atoms with van der Waals surface area (Å²) in [4.78, 5) is 216. The largest absolute Gasteiger partial charge is 0.448 e. The minimum absolute atomic E-state index is 0.0760. The number of imidazole rings is 1. The molecule has 1 aromatic heterocycles. The van der Waals surface area contributed by atoms with E-state index in [1.165, 1.54) is 88.7 Å². The Bertz CT molecular complexity index is 5240. The molecule has 30 nitrogen and oxygen atoms in total. The van der Waals surface area contributed by atoms with Gasteiger partial charge in [0.1, 0.15) is 78.7 Å². The average molecular weight is 1820 g/mol. The molecule has 4 aliphatic carbocycles. The van der Waals surface area contributed by atoms with Crippen LogP contribution in [-0.2, 0) is 97.0 Å². The Morgan fingerprint density at radius 3 is 1.20 bits per heavy atom. The van der Waals surface area contributed by atoms with E-state index < -0.39 is 192 Å². The molecular weight excluding hydrogens is 1710 g/mol. The number of carbonyl (C=O) groups is 14. The van der Waals surface area contributed by atoms with Crippen LogP contribution in [0.15, 0.2) is 170 Å². The maximum Gasteiger partial charge on any atom is 0.417 e. The summed E-state index contributed by atoms with van der Waals surface area (Å²) in [5.41, 5.74) is 8.75. The van der Waals surface area contributed by atoms with E-state index in [9.17, 15) is 28.8 Å². The van der Waals surface area contributed by atoms with Gasteiger partial charge in [-0.1, -0.05) is 220 Å². The standard InChI is InChI=1S/C94H116N14O16P2S2/c1-55(80(95)110)102-89(119)93(8,9)106-84(114)59(5)101-86(116)79(53-126(128,65-36-20-14-21-37-65)66-38-22-15-23-39-66)108(92(122)124-51-76-73-46-30-26-42-69(73)70-43-27-31-47-74(70)76)88(118)77(48-62-49-96-54-97-62)104-82(112)57(3)99-81(111)56(2)100-85(115)78(52-125(127,63-32-16-12-17-33-63)64-34-18-13-19-35-64)107(87(117)60(6)103-90(120)94(10,11)105-83(113)58(4)98-61(7)109)91(121)123-50-75-71-44-28-24-40-67(71)68-41-25-29-45-72(68)75/h14-15,20-31,36-47,49,54-60,63-64,75-79H,12-13,16-19,32-35,48,50-53H2,1-11H3,(H2,95,110)(H,96,97)(H,98,109)(H,99,111)(H,100,115)(H,101,116)(H,102,119)(H,103,120)(H,104,112)(H,105,113)(H,106,114)/t55-,56-,57-,58-,59-,60-,77-,78-,79-/m0/s1. The summed E-state index contributed by atoms with van der Waals surface area (Å²) >= 11 is 13.9. The molecule has 2 fully saturated rings. The fourth-order valence-corrected chi connectivity index (χ4v) is 27.5. The number of rotatable bonds is 36. The van der Waals surface area contributed by atoms with E-state index in [2.05, 4.69) is 57.8 Å². The molecular formula is C94H116N14O16P2S2. The quantitative estimate of drug-likeness (QED) is 0.0164. The highest BCUT2D eigenvalue weighted by Gasteiger charge is 2.50. The second kappa shape index (κ2) is 42.6. The van der Waals surface area contributed by atoms with Crippen molar-refractivity contribution in [3.05, 3.63) is 198 Å². The minimum Gasteiger partial charge on any atom is -0.448 e. The molecule has 11 rings (SSSR count). The average Bonchev–Trinajstić information content (AvgIpc) is 1.35. The molecule has 680 valence electrons. The van der Waals surface area contributed by atoms with Gasteiger partial charge in [-0.2, -0.15) is 0 Å². The summed E-state index contributed by atoms with van der Waals surface area (Å²) in [5.74, 6) is -12.4. The van der Waals surface area contributed by atoms with Crippen molar-refractivity contribution >= 4 is 129 Å². The predicted octanol–water partition coefficient (Wildman–Crippen LogP) is 8.33. The number of nitrogens with two attached hydrogens (primary N) is 1. The third-order valence-corrected chi connectivity index (χ3v) is 36.0. The van der Waals surface area contributed by atoms with Crippen LogP contribution in [0.1, 0.15) is 180 Å². The van der Waals surface area contributed by atoms with E-state index in [-0.39, 0.29) is 29.8 Å². The number of ether oxygens (including phenoxy) is 2. The Morgan fingerprint density at radius 2 is 0.805 bits per heavy atom. The Hall–Kier alpha value is -11.6. The van der Waals surface area contributed by atoms with Crippen LogP contribution in [0.4, 0.5) is 9.59 Å². The molecule has 0 aliphatic heterocycles. The number of hydrogen-bond donors (Lipinski definition) is 11. The van der Waals surface area contributed by atoms with Gasteiger partial charge in [-0.15, -0.1) is 0 Å². The smallest absolute Gasteiger partial charge is 0.417 e. The monoisotopic (exact) mass is 1820 g/mol. The van der Waals surface area contributed by atoms with Crippen LogP contribution in [-0.4, -0.2) is 205 Å². The molecule has 2 saturated carbocycles. The summed E-state index contributed by atoms with van der Waals surface area (Å²) in [7, 11) is 0. The van der Waals surface area contributed by atoms with E-state index in [1.54, 1.807) is 60.7 Å². The number of aromatic amines is 1. The molecule has 4 aliphatic rings. The summed E-state index contributed by atoms with van der Waals surface area (Å²) in [6.45, 7) is 14.0. The van der Waals surface area contributed by atoms with E-state index in [4.69, 9.17) is 38.8 Å². The summed E-state index contributed by atoms with van der Waals surface area (Å²) in [6.07, 6.45) is 7.13. The lowest BCUT2D eigenvalue weighted by atomic mass is 9.98. The fourth-order valence-electron chi connectivity index (χ4n) is 17.3. The Labute approximate surface area is 756 Å². The van der Waals surface area contributed by atoms with E-state index in [0.29, 0.717) is 20.4 Å². The van der Waals surface area contributed by atoms with Gasteiger partial charge in [0.15, 0.2) is 0 Å². The molecule has 9 atom stereocenters. The van der Waals surface area contributed by atoms with Crippen LogP contribution in [0.5, 0.6) is 0 Å². The highest BCUT2D eigenvalue weighted by molar-refractivity contribution is 8.22. The number of hydrogen-bond acceptors (Lipinski definition) is 19. The molecule has 128 heavy (non-hydrogen) atoms. The zero-order valence-electron chi connectivity index (χ0n) is 73.9. The van der Waals surface area contributed by atoms with Crippen molar-refractivity contribution in [2.45, 2.75) is 235 Å². The number of carbonyl (C=O) groups excluding carboxylic acids is 14. The molecule has 0 unspecified atom stereocenters. The number of nitrogens with one attached hydrogen (secondary N) is 10. The molecule has 0 radical (unpaired) electrons. The van der Waals surface area contributed by atoms with Crippen LogP contribution in [0.25, 0.3) is 22.3 Å². The van der Waals surface area contributed by atoms with Crippen LogP contribution < -0.4 is 64.2 Å². The van der Waals surface area contributed by atoms with Gasteiger partial charge in [0.2, 0.25) is 59.1 Å². The van der Waals surface area contributed by atoms with Gasteiger partial charge in [0.25, 0.3) is 11.8 Å². The number of amides is 14. The number of H-pyrrole nitrogens is 1. The molecule has 12 N–H and O–H groups in total. The van der Waals surface area contributed by atoms with Gasteiger partial charge in [-0.25, -0.2) is 24.4 Å². The minimum atomic E-state index is -3.48. The number of benzene rings is 6. The van der Waals surface area contributed by atoms with Crippen molar-refractivity contribution in [2.75, 3.05) is 25.5 Å². The molecule has 6 aromatic carbocycles. The Balaban J connectivity index is 0.940. The van der Waals surface area contributed by atoms with Gasteiger partial charge in [0, 0.05) is 49.7 Å². The number of nitrogens with zero attached hydrogens (tertiary/aromatic N) is 3. The second-order valence-corrected chi connectivity index (χ2v) is 45.1. The fraction of sp³-hybridized carbons (Fsp3) is 0.436.